The predicted octanol–water partition coefficient (Wildman–Crippen LogP) is 2.07. The van der Waals surface area contributed by atoms with Gasteiger partial charge in [-0.05, 0) is 31.4 Å². The number of hydrogen-bond acceptors (Lipinski definition) is 4. The topological polar surface area (TPSA) is 41.9 Å². The molecule has 4 nitrogen and oxygen atoms in total. The first kappa shape index (κ1) is 16.2. The summed E-state index contributed by atoms with van der Waals surface area (Å²) in [7, 11) is 0. The van der Waals surface area contributed by atoms with E-state index in [0.717, 1.165) is 32.5 Å². The maximum absolute atomic E-state index is 13.4. The Morgan fingerprint density at radius 1 is 1.19 bits per heavy atom. The highest BCUT2D eigenvalue weighted by Crippen LogP contribution is 2.16. The Kier molecular flexibility index (Phi) is 6.92. The molecule has 0 spiro atoms. The summed E-state index contributed by atoms with van der Waals surface area (Å²) in [6.07, 6.45) is 3.02. The van der Waals surface area contributed by atoms with Crippen LogP contribution in [0.15, 0.2) is 24.3 Å². The van der Waals surface area contributed by atoms with E-state index in [9.17, 15) is 4.39 Å². The summed E-state index contributed by atoms with van der Waals surface area (Å²) in [5.74, 6) is 0.00761. The molecule has 2 rings (SSSR count). The molecule has 1 aliphatic rings. The molecule has 1 N–H and O–H groups in total. The van der Waals surface area contributed by atoms with Crippen molar-refractivity contribution in [2.24, 2.45) is 0 Å². The molecule has 0 saturated carbocycles. The summed E-state index contributed by atoms with van der Waals surface area (Å²) in [4.78, 5) is 2.31. The van der Waals surface area contributed by atoms with Gasteiger partial charge in [-0.3, -0.25) is 4.90 Å². The molecule has 0 radical (unpaired) electrons. The van der Waals surface area contributed by atoms with Gasteiger partial charge in [-0.15, -0.1) is 0 Å². The number of para-hydroxylation sites is 1. The van der Waals surface area contributed by atoms with Gasteiger partial charge >= 0.3 is 0 Å². The van der Waals surface area contributed by atoms with E-state index in [1.54, 1.807) is 18.2 Å². The number of aliphatic hydroxyl groups excluding tert-OH is 1. The Bertz CT molecular complexity index is 408. The van der Waals surface area contributed by atoms with Gasteiger partial charge in [0.05, 0.1) is 6.10 Å². The molecular weight excluding hydrogens is 273 g/mol. The quantitative estimate of drug-likeness (QED) is 0.746. The number of rotatable bonds is 8. The number of aliphatic hydroxyl groups is 1. The van der Waals surface area contributed by atoms with Crippen molar-refractivity contribution in [1.82, 2.24) is 4.90 Å². The van der Waals surface area contributed by atoms with Crippen molar-refractivity contribution >= 4 is 0 Å². The molecule has 1 aromatic carbocycles. The fourth-order valence-corrected chi connectivity index (χ4v) is 2.46. The van der Waals surface area contributed by atoms with E-state index in [2.05, 4.69) is 4.90 Å². The molecule has 1 saturated heterocycles. The van der Waals surface area contributed by atoms with Gasteiger partial charge in [0.25, 0.3) is 0 Å². The lowest BCUT2D eigenvalue weighted by Gasteiger charge is -2.31. The van der Waals surface area contributed by atoms with Crippen molar-refractivity contribution in [3.63, 3.8) is 0 Å². The van der Waals surface area contributed by atoms with E-state index >= 15 is 0 Å². The highest BCUT2D eigenvalue weighted by atomic mass is 19.1. The minimum Gasteiger partial charge on any atom is -0.489 e. The third-order valence-corrected chi connectivity index (χ3v) is 3.69. The second kappa shape index (κ2) is 8.97. The smallest absolute Gasteiger partial charge is 0.165 e. The van der Waals surface area contributed by atoms with Crippen molar-refractivity contribution in [2.75, 3.05) is 39.5 Å². The summed E-state index contributed by atoms with van der Waals surface area (Å²) in [5.41, 5.74) is 0. The lowest BCUT2D eigenvalue weighted by Crippen LogP contribution is -2.39. The van der Waals surface area contributed by atoms with Gasteiger partial charge in [0.2, 0.25) is 0 Å². The third-order valence-electron chi connectivity index (χ3n) is 3.69. The fourth-order valence-electron chi connectivity index (χ4n) is 2.46. The highest BCUT2D eigenvalue weighted by molar-refractivity contribution is 5.23. The van der Waals surface area contributed by atoms with Crippen LogP contribution >= 0.6 is 0 Å². The lowest BCUT2D eigenvalue weighted by atomic mass is 10.1. The predicted molar refractivity (Wildman–Crippen MR) is 79.0 cm³/mol. The normalized spacial score (nSPS) is 17.0. The minimum absolute atomic E-state index is 0.187. The van der Waals surface area contributed by atoms with Gasteiger partial charge in [0.1, 0.15) is 6.61 Å². The molecule has 21 heavy (non-hydrogen) atoms. The van der Waals surface area contributed by atoms with E-state index in [4.69, 9.17) is 14.6 Å². The molecule has 0 bridgehead atoms. The maximum atomic E-state index is 13.4. The van der Waals surface area contributed by atoms with E-state index in [1.165, 1.54) is 6.07 Å². The van der Waals surface area contributed by atoms with Crippen molar-refractivity contribution in [3.05, 3.63) is 30.1 Å². The summed E-state index contributed by atoms with van der Waals surface area (Å²) in [6.45, 7) is 4.08. The molecule has 1 aliphatic heterocycles. The van der Waals surface area contributed by atoms with Crippen LogP contribution < -0.4 is 4.74 Å². The summed E-state index contributed by atoms with van der Waals surface area (Å²) in [6, 6.07) is 6.48. The van der Waals surface area contributed by atoms with E-state index in [0.29, 0.717) is 31.5 Å². The average molecular weight is 297 g/mol. The van der Waals surface area contributed by atoms with Crippen LogP contribution in [0.5, 0.6) is 5.75 Å². The van der Waals surface area contributed by atoms with Gasteiger partial charge in [0, 0.05) is 32.8 Å². The van der Waals surface area contributed by atoms with Crippen LogP contribution in [-0.2, 0) is 4.74 Å². The molecule has 0 atom stereocenters. The summed E-state index contributed by atoms with van der Waals surface area (Å²) >= 11 is 0. The van der Waals surface area contributed by atoms with Gasteiger partial charge in [-0.1, -0.05) is 12.1 Å². The van der Waals surface area contributed by atoms with Crippen LogP contribution in [0.25, 0.3) is 0 Å². The molecule has 5 heteroatoms. The lowest BCUT2D eigenvalue weighted by molar-refractivity contribution is 0.000348. The van der Waals surface area contributed by atoms with Gasteiger partial charge in [-0.25, -0.2) is 4.39 Å². The number of halogens is 1. The van der Waals surface area contributed by atoms with Crippen molar-refractivity contribution in [1.29, 1.82) is 0 Å². The van der Waals surface area contributed by atoms with Crippen molar-refractivity contribution in [2.45, 2.75) is 25.4 Å². The van der Waals surface area contributed by atoms with Crippen molar-refractivity contribution in [3.8, 4) is 5.75 Å². The van der Waals surface area contributed by atoms with Gasteiger partial charge in [0.15, 0.2) is 11.6 Å². The molecule has 0 aliphatic carbocycles. The molecule has 1 fully saturated rings. The Hall–Kier alpha value is -1.17. The van der Waals surface area contributed by atoms with Crippen LogP contribution in [0.2, 0.25) is 0 Å². The zero-order valence-corrected chi connectivity index (χ0v) is 12.3. The largest absolute Gasteiger partial charge is 0.489 e. The molecule has 118 valence electrons. The monoisotopic (exact) mass is 297 g/mol. The number of likely N-dealkylation sites (tertiary alicyclic amines) is 1. The summed E-state index contributed by atoms with van der Waals surface area (Å²) in [5, 5.41) is 8.72. The first-order valence-electron chi connectivity index (χ1n) is 7.61. The average Bonchev–Trinajstić information content (AvgIpc) is 2.51. The standard InChI is InChI=1S/C16H24FNO3/c17-15-4-1-2-5-16(15)21-13-10-18-8-6-14(7-9-18)20-12-3-11-19/h1-2,4-5,14,19H,3,6-13H2. The fraction of sp³-hybridized carbons (Fsp3) is 0.625. The van der Waals surface area contributed by atoms with Crippen molar-refractivity contribution < 1.29 is 19.0 Å². The third kappa shape index (κ3) is 5.61. The Labute approximate surface area is 125 Å². The minimum atomic E-state index is -0.312. The maximum Gasteiger partial charge on any atom is 0.165 e. The number of ether oxygens (including phenoxy) is 2. The zero-order valence-electron chi connectivity index (χ0n) is 12.3. The summed E-state index contributed by atoms with van der Waals surface area (Å²) < 4.78 is 24.5. The first-order chi connectivity index (χ1) is 10.3. The van der Waals surface area contributed by atoms with Crippen LogP contribution in [0.3, 0.4) is 0 Å². The van der Waals surface area contributed by atoms with Crippen LogP contribution in [-0.4, -0.2) is 55.6 Å². The SMILES string of the molecule is OCCCOC1CCN(CCOc2ccccc2F)CC1. The van der Waals surface area contributed by atoms with Crippen LogP contribution in [0.1, 0.15) is 19.3 Å². The number of nitrogens with zero attached hydrogens (tertiary/aromatic N) is 1. The van der Waals surface area contributed by atoms with E-state index in [1.807, 2.05) is 0 Å². The van der Waals surface area contributed by atoms with Crippen LogP contribution in [0, 0.1) is 5.82 Å². The zero-order chi connectivity index (χ0) is 14.9. The second-order valence-electron chi connectivity index (χ2n) is 5.27. The number of hydrogen-bond donors (Lipinski definition) is 1. The highest BCUT2D eigenvalue weighted by Gasteiger charge is 2.19. The van der Waals surface area contributed by atoms with Crippen LogP contribution in [0.4, 0.5) is 4.39 Å². The molecule has 1 heterocycles. The molecule has 0 aromatic heterocycles. The van der Waals surface area contributed by atoms with Gasteiger partial charge < -0.3 is 14.6 Å². The van der Waals surface area contributed by atoms with E-state index < -0.39 is 0 Å². The Morgan fingerprint density at radius 2 is 1.95 bits per heavy atom. The second-order valence-corrected chi connectivity index (χ2v) is 5.27. The van der Waals surface area contributed by atoms with E-state index in [-0.39, 0.29) is 12.4 Å². The molecule has 1 aromatic rings. The Morgan fingerprint density at radius 3 is 2.67 bits per heavy atom. The Balaban J connectivity index is 1.60. The molecule has 0 amide bonds. The number of benzene rings is 1. The van der Waals surface area contributed by atoms with Gasteiger partial charge in [-0.2, -0.15) is 0 Å². The molecular formula is C16H24FNO3. The first-order valence-corrected chi connectivity index (χ1v) is 7.61. The number of piperidine rings is 1. The molecule has 0 unspecified atom stereocenters.